The Morgan fingerprint density at radius 1 is 1.09 bits per heavy atom. The molecule has 4 aromatic rings. The van der Waals surface area contributed by atoms with Crippen LogP contribution in [-0.4, -0.2) is 37.9 Å². The lowest BCUT2D eigenvalue weighted by molar-refractivity contribution is 0.314. The number of anilines is 1. The summed E-state index contributed by atoms with van der Waals surface area (Å²) in [4.78, 5) is 13.6. The zero-order valence-electron chi connectivity index (χ0n) is 18.2. The minimum Gasteiger partial charge on any atom is -0.492 e. The molecule has 7 heteroatoms. The number of pyridine rings is 1. The quantitative estimate of drug-likeness (QED) is 0.400. The number of ether oxygens (including phenoxy) is 1. The third-order valence-corrected chi connectivity index (χ3v) is 8.01. The highest BCUT2D eigenvalue weighted by atomic mass is 32.2. The molecule has 1 saturated heterocycles. The average Bonchev–Trinajstić information content (AvgIpc) is 3.34. The summed E-state index contributed by atoms with van der Waals surface area (Å²) >= 11 is 1.98. The van der Waals surface area contributed by atoms with E-state index in [4.69, 9.17) is 9.72 Å². The Bertz CT molecular complexity index is 1270. The van der Waals surface area contributed by atoms with Crippen molar-refractivity contribution in [2.75, 3.05) is 18.5 Å². The Labute approximate surface area is 191 Å². The molecule has 2 fully saturated rings. The largest absolute Gasteiger partial charge is 0.492 e. The molecule has 1 aromatic carbocycles. The van der Waals surface area contributed by atoms with Gasteiger partial charge in [0.05, 0.1) is 16.6 Å². The number of hydrogen-bond acceptors (Lipinski definition) is 6. The Hall–Kier alpha value is -2.80. The molecule has 6 rings (SSSR count). The maximum absolute atomic E-state index is 6.20. The van der Waals surface area contributed by atoms with Crippen LogP contribution in [0.15, 0.2) is 48.9 Å². The zero-order valence-corrected chi connectivity index (χ0v) is 19.0. The van der Waals surface area contributed by atoms with Crippen LogP contribution >= 0.6 is 11.8 Å². The van der Waals surface area contributed by atoms with Crippen molar-refractivity contribution in [1.82, 2.24) is 19.5 Å². The van der Waals surface area contributed by atoms with Crippen molar-refractivity contribution >= 4 is 39.5 Å². The number of benzene rings is 1. The molecule has 0 amide bonds. The van der Waals surface area contributed by atoms with E-state index in [9.17, 15) is 0 Å². The van der Waals surface area contributed by atoms with Crippen LogP contribution in [-0.2, 0) is 0 Å². The van der Waals surface area contributed by atoms with E-state index >= 15 is 0 Å². The summed E-state index contributed by atoms with van der Waals surface area (Å²) in [6.07, 6.45) is 8.76. The average molecular weight is 446 g/mol. The lowest BCUT2D eigenvalue weighted by Gasteiger charge is -2.15. The number of thioether (sulfide) groups is 1. The lowest BCUT2D eigenvalue weighted by Crippen LogP contribution is -2.11. The monoisotopic (exact) mass is 445 g/mol. The third-order valence-electron chi connectivity index (χ3n) is 6.47. The summed E-state index contributed by atoms with van der Waals surface area (Å²) in [7, 11) is 0. The fourth-order valence-corrected chi connectivity index (χ4v) is 5.83. The van der Waals surface area contributed by atoms with Crippen LogP contribution in [0.4, 0.5) is 5.82 Å². The molecule has 2 aliphatic rings. The van der Waals surface area contributed by atoms with E-state index in [0.29, 0.717) is 17.2 Å². The van der Waals surface area contributed by atoms with Crippen LogP contribution in [0.3, 0.4) is 0 Å². The molecule has 1 aliphatic heterocycles. The summed E-state index contributed by atoms with van der Waals surface area (Å²) in [5, 5.41) is 6.61. The molecule has 164 valence electrons. The molecule has 2 atom stereocenters. The minimum absolute atomic E-state index is 0.397. The van der Waals surface area contributed by atoms with Gasteiger partial charge in [-0.3, -0.25) is 0 Å². The number of nitrogens with zero attached hydrogens (tertiary/aromatic N) is 4. The summed E-state index contributed by atoms with van der Waals surface area (Å²) in [6.45, 7) is 3.77. The van der Waals surface area contributed by atoms with Gasteiger partial charge in [0, 0.05) is 34.8 Å². The van der Waals surface area contributed by atoms with Crippen LogP contribution in [0, 0.1) is 12.8 Å². The standard InChI is InChI=1S/C25H27N5OS/c1-16-21-10-11-30(25(21)28-15-27-16)24-9-7-20(32-24)14-31-19-6-4-18-5-8-23(29-22(18)12-19)26-13-17-2-3-17/h4-6,8,10-12,15,17,20,24H,2-3,7,9,13-14H2,1H3,(H,26,29)/t20-,24+/m0/s1. The molecular weight excluding hydrogens is 418 g/mol. The van der Waals surface area contributed by atoms with Crippen molar-refractivity contribution in [2.45, 2.75) is 43.2 Å². The molecule has 1 N–H and O–H groups in total. The number of aryl methyl sites for hydroxylation is 1. The Morgan fingerprint density at radius 3 is 2.91 bits per heavy atom. The summed E-state index contributed by atoms with van der Waals surface area (Å²) in [5.41, 5.74) is 3.05. The fourth-order valence-electron chi connectivity index (χ4n) is 4.39. The van der Waals surface area contributed by atoms with Gasteiger partial charge in [-0.15, -0.1) is 11.8 Å². The van der Waals surface area contributed by atoms with E-state index in [2.05, 4.69) is 62.4 Å². The predicted octanol–water partition coefficient (Wildman–Crippen LogP) is 5.58. The Balaban J connectivity index is 1.10. The number of rotatable bonds is 7. The van der Waals surface area contributed by atoms with E-state index in [1.165, 1.54) is 12.8 Å². The van der Waals surface area contributed by atoms with Crippen molar-refractivity contribution in [2.24, 2.45) is 5.92 Å². The summed E-state index contributed by atoms with van der Waals surface area (Å²) in [6, 6.07) is 12.5. The Kier molecular flexibility index (Phi) is 5.14. The molecule has 0 bridgehead atoms. The molecule has 3 aromatic heterocycles. The SMILES string of the molecule is Cc1ncnc2c1ccn2[C@H]1CC[C@@H](COc2ccc3ccc(NCC4CC4)nc3c2)S1. The maximum Gasteiger partial charge on any atom is 0.144 e. The fraction of sp³-hybridized carbons (Fsp3) is 0.400. The van der Waals surface area contributed by atoms with Gasteiger partial charge in [-0.25, -0.2) is 15.0 Å². The van der Waals surface area contributed by atoms with Crippen LogP contribution in [0.5, 0.6) is 5.75 Å². The van der Waals surface area contributed by atoms with E-state index in [1.807, 2.05) is 18.7 Å². The first-order valence-electron chi connectivity index (χ1n) is 11.4. The first kappa shape index (κ1) is 19.9. The molecule has 32 heavy (non-hydrogen) atoms. The van der Waals surface area contributed by atoms with Crippen molar-refractivity contribution in [3.05, 3.63) is 54.6 Å². The first-order chi connectivity index (χ1) is 15.7. The highest BCUT2D eigenvalue weighted by molar-refractivity contribution is 8.00. The van der Waals surface area contributed by atoms with E-state index in [0.717, 1.165) is 64.5 Å². The van der Waals surface area contributed by atoms with Gasteiger partial charge in [-0.1, -0.05) is 0 Å². The molecule has 0 unspecified atom stereocenters. The van der Waals surface area contributed by atoms with Gasteiger partial charge in [0.25, 0.3) is 0 Å². The second-order valence-electron chi connectivity index (χ2n) is 8.90. The lowest BCUT2D eigenvalue weighted by atomic mass is 10.2. The van der Waals surface area contributed by atoms with Gasteiger partial charge in [0.15, 0.2) is 0 Å². The second-order valence-corrected chi connectivity index (χ2v) is 10.4. The summed E-state index contributed by atoms with van der Waals surface area (Å²) in [5.74, 6) is 2.67. The topological polar surface area (TPSA) is 64.9 Å². The zero-order chi connectivity index (χ0) is 21.5. The molecule has 1 aliphatic carbocycles. The van der Waals surface area contributed by atoms with E-state index < -0.39 is 0 Å². The van der Waals surface area contributed by atoms with Crippen LogP contribution < -0.4 is 10.1 Å². The van der Waals surface area contributed by atoms with Crippen LogP contribution in [0.2, 0.25) is 0 Å². The smallest absolute Gasteiger partial charge is 0.144 e. The van der Waals surface area contributed by atoms with E-state index in [-0.39, 0.29) is 0 Å². The molecule has 6 nitrogen and oxygen atoms in total. The van der Waals surface area contributed by atoms with Gasteiger partial charge in [0.2, 0.25) is 0 Å². The molecule has 0 radical (unpaired) electrons. The third kappa shape index (κ3) is 4.01. The van der Waals surface area contributed by atoms with E-state index in [1.54, 1.807) is 6.33 Å². The Morgan fingerprint density at radius 2 is 2.00 bits per heavy atom. The van der Waals surface area contributed by atoms with Crippen molar-refractivity contribution in [1.29, 1.82) is 0 Å². The van der Waals surface area contributed by atoms with Gasteiger partial charge < -0.3 is 14.6 Å². The number of fused-ring (bicyclic) bond motifs is 2. The molecule has 1 saturated carbocycles. The normalized spacial score (nSPS) is 20.8. The second kappa shape index (κ2) is 8.28. The van der Waals surface area contributed by atoms with Crippen molar-refractivity contribution in [3.8, 4) is 5.75 Å². The number of aromatic nitrogens is 4. The summed E-state index contributed by atoms with van der Waals surface area (Å²) < 4.78 is 8.50. The van der Waals surface area contributed by atoms with Crippen LogP contribution in [0.1, 0.15) is 36.8 Å². The first-order valence-corrected chi connectivity index (χ1v) is 12.4. The molecule has 0 spiro atoms. The molecule has 4 heterocycles. The van der Waals surface area contributed by atoms with Gasteiger partial charge in [0.1, 0.15) is 30.1 Å². The van der Waals surface area contributed by atoms with Gasteiger partial charge in [-0.05, 0) is 68.9 Å². The van der Waals surface area contributed by atoms with Crippen molar-refractivity contribution in [3.63, 3.8) is 0 Å². The van der Waals surface area contributed by atoms with Gasteiger partial charge in [-0.2, -0.15) is 0 Å². The predicted molar refractivity (Wildman–Crippen MR) is 130 cm³/mol. The molecular formula is C25H27N5OS. The highest BCUT2D eigenvalue weighted by Gasteiger charge is 2.28. The number of nitrogens with one attached hydrogen (secondary N) is 1. The van der Waals surface area contributed by atoms with Crippen LogP contribution in [0.25, 0.3) is 21.9 Å². The van der Waals surface area contributed by atoms with Gasteiger partial charge >= 0.3 is 0 Å². The highest BCUT2D eigenvalue weighted by Crippen LogP contribution is 2.43. The number of hydrogen-bond donors (Lipinski definition) is 1. The minimum atomic E-state index is 0.397. The van der Waals surface area contributed by atoms with Crippen molar-refractivity contribution < 1.29 is 4.74 Å². The maximum atomic E-state index is 6.20.